The summed E-state index contributed by atoms with van der Waals surface area (Å²) in [6.07, 6.45) is 0. The number of hydrogen-bond donors (Lipinski definition) is 0. The number of hydrogen-bond acceptors (Lipinski definition) is 0. The molecule has 0 saturated heterocycles. The van der Waals surface area contributed by atoms with Crippen LogP contribution < -0.4 is 0 Å². The first-order chi connectivity index (χ1) is 4.34. The number of rotatable bonds is 1. The summed E-state index contributed by atoms with van der Waals surface area (Å²) < 4.78 is 23.9. The van der Waals surface area contributed by atoms with E-state index in [-0.39, 0.29) is 12.2 Å². The molecule has 9 heavy (non-hydrogen) atoms. The lowest BCUT2D eigenvalue weighted by Crippen LogP contribution is -1.80. The van der Waals surface area contributed by atoms with E-state index in [9.17, 15) is 8.78 Å². The van der Waals surface area contributed by atoms with Crippen molar-refractivity contribution < 1.29 is 8.78 Å². The van der Waals surface area contributed by atoms with Gasteiger partial charge in [-0.2, -0.15) is 0 Å². The lowest BCUT2D eigenvalue weighted by atomic mass is 10.2. The van der Waals surface area contributed by atoms with Gasteiger partial charge in [0.25, 0.3) is 0 Å². The third-order valence-corrected chi connectivity index (χ3v) is 1.02. The molecule has 0 aromatic heterocycles. The SMILES string of the molecule is F[CH]c1ccccc1F. The second kappa shape index (κ2) is 2.58. The highest BCUT2D eigenvalue weighted by molar-refractivity contribution is 5.21. The Morgan fingerprint density at radius 2 is 1.89 bits per heavy atom. The van der Waals surface area contributed by atoms with Crippen molar-refractivity contribution in [1.29, 1.82) is 0 Å². The molecule has 1 radical (unpaired) electrons. The van der Waals surface area contributed by atoms with Crippen molar-refractivity contribution in [1.82, 2.24) is 0 Å². The predicted molar refractivity (Wildman–Crippen MR) is 30.9 cm³/mol. The van der Waals surface area contributed by atoms with Crippen molar-refractivity contribution in [3.05, 3.63) is 42.3 Å². The summed E-state index contributed by atoms with van der Waals surface area (Å²) in [5.41, 5.74) is -0.00231. The van der Waals surface area contributed by atoms with Crippen LogP contribution in [0, 0.1) is 12.5 Å². The maximum Gasteiger partial charge on any atom is 0.163 e. The third kappa shape index (κ3) is 1.25. The van der Waals surface area contributed by atoms with E-state index >= 15 is 0 Å². The summed E-state index contributed by atoms with van der Waals surface area (Å²) in [7, 11) is 0. The first-order valence-corrected chi connectivity index (χ1v) is 2.52. The van der Waals surface area contributed by atoms with Gasteiger partial charge < -0.3 is 0 Å². The summed E-state index contributed by atoms with van der Waals surface area (Å²) >= 11 is 0. The van der Waals surface area contributed by atoms with Gasteiger partial charge in [-0.15, -0.1) is 0 Å². The van der Waals surface area contributed by atoms with Crippen molar-refractivity contribution in [2.75, 3.05) is 0 Å². The van der Waals surface area contributed by atoms with Crippen LogP contribution in [0.25, 0.3) is 0 Å². The Morgan fingerprint density at radius 1 is 1.22 bits per heavy atom. The Labute approximate surface area is 52.1 Å². The summed E-state index contributed by atoms with van der Waals surface area (Å²) in [5.74, 6) is -0.528. The summed E-state index contributed by atoms with van der Waals surface area (Å²) in [6.45, 7) is 0.245. The van der Waals surface area contributed by atoms with Gasteiger partial charge in [-0.25, -0.2) is 8.78 Å². The van der Waals surface area contributed by atoms with Crippen LogP contribution in [0.15, 0.2) is 24.3 Å². The molecule has 0 aliphatic heterocycles. The van der Waals surface area contributed by atoms with E-state index in [2.05, 4.69) is 0 Å². The molecule has 1 aromatic rings. The van der Waals surface area contributed by atoms with Crippen LogP contribution in [0.2, 0.25) is 0 Å². The highest BCUT2D eigenvalue weighted by Crippen LogP contribution is 2.07. The van der Waals surface area contributed by atoms with Gasteiger partial charge in [-0.1, -0.05) is 18.2 Å². The molecule has 0 atom stereocenters. The highest BCUT2D eigenvalue weighted by atomic mass is 19.1. The van der Waals surface area contributed by atoms with E-state index in [4.69, 9.17) is 0 Å². The average Bonchev–Trinajstić information content (AvgIpc) is 1.89. The second-order valence-electron chi connectivity index (χ2n) is 1.63. The van der Waals surface area contributed by atoms with Crippen LogP contribution in [0.5, 0.6) is 0 Å². The zero-order chi connectivity index (χ0) is 6.69. The molecule has 0 amide bonds. The Morgan fingerprint density at radius 3 is 2.33 bits per heavy atom. The molecule has 0 bridgehead atoms. The maximum absolute atomic E-state index is 12.3. The molecular weight excluding hydrogens is 122 g/mol. The number of benzene rings is 1. The molecule has 0 saturated carbocycles. The van der Waals surface area contributed by atoms with Gasteiger partial charge in [0.1, 0.15) is 5.82 Å². The van der Waals surface area contributed by atoms with Crippen molar-refractivity contribution in [2.24, 2.45) is 0 Å². The average molecular weight is 127 g/mol. The third-order valence-electron chi connectivity index (χ3n) is 1.02. The monoisotopic (exact) mass is 127 g/mol. The maximum atomic E-state index is 12.3. The van der Waals surface area contributed by atoms with Gasteiger partial charge in [0, 0.05) is 5.56 Å². The Balaban J connectivity index is 3.01. The lowest BCUT2D eigenvalue weighted by molar-refractivity contribution is 0.583. The predicted octanol–water partition coefficient (Wildman–Crippen LogP) is 2.31. The van der Waals surface area contributed by atoms with E-state index in [1.165, 1.54) is 18.2 Å². The van der Waals surface area contributed by atoms with Crippen LogP contribution in [0.3, 0.4) is 0 Å². The molecular formula is C7H5F2. The summed E-state index contributed by atoms with van der Waals surface area (Å²) in [5, 5.41) is 0. The fraction of sp³-hybridized carbons (Fsp3) is 0. The normalized spacial score (nSPS) is 9.56. The highest BCUT2D eigenvalue weighted by Gasteiger charge is 1.97. The Bertz CT molecular complexity index is 196. The molecule has 47 valence electrons. The molecule has 1 rings (SSSR count). The molecule has 0 unspecified atom stereocenters. The molecule has 0 aliphatic carbocycles. The lowest BCUT2D eigenvalue weighted by Gasteiger charge is -1.91. The molecule has 1 aromatic carbocycles. The fourth-order valence-electron chi connectivity index (χ4n) is 0.564. The van der Waals surface area contributed by atoms with Gasteiger partial charge in [0.2, 0.25) is 0 Å². The molecule has 0 spiro atoms. The first kappa shape index (κ1) is 6.20. The van der Waals surface area contributed by atoms with Gasteiger partial charge in [-0.05, 0) is 6.07 Å². The standard InChI is InChI=1S/C7H5F2/c8-5-6-3-1-2-4-7(6)9/h1-5H. The zero-order valence-electron chi connectivity index (χ0n) is 4.64. The molecule has 0 N–H and O–H groups in total. The minimum Gasteiger partial charge on any atom is -0.239 e. The van der Waals surface area contributed by atoms with Gasteiger partial charge in [0.15, 0.2) is 6.67 Å². The van der Waals surface area contributed by atoms with Crippen LogP contribution in [-0.4, -0.2) is 0 Å². The van der Waals surface area contributed by atoms with E-state index in [1.807, 2.05) is 0 Å². The van der Waals surface area contributed by atoms with Crippen molar-refractivity contribution >= 4 is 0 Å². The molecule has 0 aliphatic rings. The minimum atomic E-state index is -0.528. The molecule has 0 nitrogen and oxygen atoms in total. The minimum absolute atomic E-state index is 0.00231. The van der Waals surface area contributed by atoms with E-state index in [1.54, 1.807) is 6.07 Å². The number of halogens is 2. The smallest absolute Gasteiger partial charge is 0.163 e. The van der Waals surface area contributed by atoms with E-state index in [0.717, 1.165) is 0 Å². The Kier molecular flexibility index (Phi) is 1.78. The van der Waals surface area contributed by atoms with Crippen LogP contribution >= 0.6 is 0 Å². The fourth-order valence-corrected chi connectivity index (χ4v) is 0.564. The topological polar surface area (TPSA) is 0 Å². The summed E-state index contributed by atoms with van der Waals surface area (Å²) in [4.78, 5) is 0. The van der Waals surface area contributed by atoms with Crippen molar-refractivity contribution in [3.63, 3.8) is 0 Å². The van der Waals surface area contributed by atoms with Gasteiger partial charge in [-0.3, -0.25) is 0 Å². The van der Waals surface area contributed by atoms with Crippen molar-refractivity contribution in [3.8, 4) is 0 Å². The molecule has 2 heteroatoms. The van der Waals surface area contributed by atoms with Gasteiger partial charge >= 0.3 is 0 Å². The molecule has 0 fully saturated rings. The summed E-state index contributed by atoms with van der Waals surface area (Å²) in [6, 6.07) is 5.68. The van der Waals surface area contributed by atoms with Crippen molar-refractivity contribution in [2.45, 2.75) is 0 Å². The largest absolute Gasteiger partial charge is 0.239 e. The molecule has 0 heterocycles. The zero-order valence-corrected chi connectivity index (χ0v) is 4.64. The first-order valence-electron chi connectivity index (χ1n) is 2.52. The van der Waals surface area contributed by atoms with E-state index < -0.39 is 5.82 Å². The Hall–Kier alpha value is -0.920. The second-order valence-corrected chi connectivity index (χ2v) is 1.63. The van der Waals surface area contributed by atoms with Crippen LogP contribution in [-0.2, 0) is 0 Å². The quantitative estimate of drug-likeness (QED) is 0.543. The van der Waals surface area contributed by atoms with Gasteiger partial charge in [0.05, 0.1) is 0 Å². The van der Waals surface area contributed by atoms with Crippen LogP contribution in [0.1, 0.15) is 5.56 Å². The van der Waals surface area contributed by atoms with E-state index in [0.29, 0.717) is 0 Å². The van der Waals surface area contributed by atoms with Crippen LogP contribution in [0.4, 0.5) is 8.78 Å².